The summed E-state index contributed by atoms with van der Waals surface area (Å²) in [6, 6.07) is 25.2. The van der Waals surface area contributed by atoms with Crippen molar-refractivity contribution >= 4 is 45.0 Å². The molecule has 0 bridgehead atoms. The van der Waals surface area contributed by atoms with Crippen molar-refractivity contribution in [3.8, 4) is 27.3 Å². The van der Waals surface area contributed by atoms with Crippen LogP contribution in [0.4, 0.5) is 0 Å². The number of hydrogen-bond acceptors (Lipinski definition) is 7. The van der Waals surface area contributed by atoms with Crippen LogP contribution in [-0.2, 0) is 20.9 Å². The number of thiophene rings is 1. The van der Waals surface area contributed by atoms with E-state index in [0.717, 1.165) is 39.2 Å². The highest BCUT2D eigenvalue weighted by Gasteiger charge is 2.25. The first-order valence-corrected chi connectivity index (χ1v) is 13.6. The number of carbonyl (C=O) groups is 3. The zero-order chi connectivity index (χ0) is 27.9. The molecule has 7 nitrogen and oxygen atoms in total. The fraction of sp³-hybridized carbons (Fsp3) is 0.167. The molecule has 0 amide bonds. The summed E-state index contributed by atoms with van der Waals surface area (Å²) in [4.78, 5) is 36.7. The van der Waals surface area contributed by atoms with Gasteiger partial charge >= 0.3 is 11.9 Å². The Bertz CT molecular complexity index is 1480. The van der Waals surface area contributed by atoms with Crippen LogP contribution in [0.1, 0.15) is 33.8 Å². The second-order valence-corrected chi connectivity index (χ2v) is 10.5. The third-order valence-corrected chi connectivity index (χ3v) is 8.20. The van der Waals surface area contributed by atoms with E-state index in [1.807, 2.05) is 78.9 Å². The van der Waals surface area contributed by atoms with Crippen molar-refractivity contribution in [3.63, 3.8) is 0 Å². The monoisotopic (exact) mass is 607 g/mol. The molecule has 0 saturated carbocycles. The van der Waals surface area contributed by atoms with Crippen molar-refractivity contribution in [2.75, 3.05) is 13.7 Å². The summed E-state index contributed by atoms with van der Waals surface area (Å²) >= 11 is 4.61. The first kappa shape index (κ1) is 28.2. The average Bonchev–Trinajstić information content (AvgIpc) is 3.28. The van der Waals surface area contributed by atoms with Gasteiger partial charge in [0.25, 0.3) is 0 Å². The summed E-state index contributed by atoms with van der Waals surface area (Å²) < 4.78 is 10.7. The van der Waals surface area contributed by atoms with E-state index < -0.39 is 24.6 Å². The van der Waals surface area contributed by atoms with Crippen LogP contribution < -0.4 is 10.1 Å². The number of nitrogens with one attached hydrogen (secondary N) is 1. The third-order valence-electron chi connectivity index (χ3n) is 5.98. The van der Waals surface area contributed by atoms with E-state index in [1.54, 1.807) is 6.92 Å². The summed E-state index contributed by atoms with van der Waals surface area (Å²) in [6.07, 6.45) is 0. The van der Waals surface area contributed by atoms with Gasteiger partial charge in [-0.05, 0) is 56.7 Å². The summed E-state index contributed by atoms with van der Waals surface area (Å²) in [5, 5.41) is 12.4. The molecule has 1 unspecified atom stereocenters. The quantitative estimate of drug-likeness (QED) is 0.187. The van der Waals surface area contributed by atoms with Gasteiger partial charge in [-0.3, -0.25) is 10.1 Å². The molecule has 200 valence electrons. The Morgan fingerprint density at radius 2 is 1.62 bits per heavy atom. The predicted octanol–water partition coefficient (Wildman–Crippen LogP) is 6.51. The van der Waals surface area contributed by atoms with E-state index in [-0.39, 0.29) is 16.4 Å². The Hall–Kier alpha value is -3.79. The van der Waals surface area contributed by atoms with Crippen molar-refractivity contribution in [1.29, 1.82) is 0 Å². The number of hydrogen-bond donors (Lipinski definition) is 2. The topological polar surface area (TPSA) is 102 Å². The number of benzene rings is 3. The van der Waals surface area contributed by atoms with Gasteiger partial charge in [0.05, 0.1) is 22.5 Å². The van der Waals surface area contributed by atoms with E-state index in [2.05, 4.69) is 21.2 Å². The number of methoxy groups -OCH3 is 1. The van der Waals surface area contributed by atoms with Crippen LogP contribution in [0.25, 0.3) is 21.6 Å². The Balaban J connectivity index is 1.54. The van der Waals surface area contributed by atoms with Gasteiger partial charge in [0.2, 0.25) is 0 Å². The highest BCUT2D eigenvalue weighted by Crippen LogP contribution is 2.46. The van der Waals surface area contributed by atoms with E-state index >= 15 is 0 Å². The Kier molecular flexibility index (Phi) is 9.29. The number of halogens is 1. The van der Waals surface area contributed by atoms with Gasteiger partial charge in [0.1, 0.15) is 0 Å². The van der Waals surface area contributed by atoms with Crippen LogP contribution >= 0.6 is 27.3 Å². The highest BCUT2D eigenvalue weighted by molar-refractivity contribution is 9.10. The van der Waals surface area contributed by atoms with Gasteiger partial charge in [-0.2, -0.15) is 0 Å². The molecule has 4 rings (SSSR count). The molecular weight excluding hydrogens is 582 g/mol. The lowest BCUT2D eigenvalue weighted by atomic mass is 9.98. The molecule has 0 fully saturated rings. The molecule has 3 aromatic carbocycles. The molecule has 0 aliphatic rings. The molecule has 0 aliphatic heterocycles. The summed E-state index contributed by atoms with van der Waals surface area (Å²) in [5.74, 6) is -1.65. The van der Waals surface area contributed by atoms with Crippen LogP contribution in [0.2, 0.25) is 0 Å². The minimum absolute atomic E-state index is 0.00237. The highest BCUT2D eigenvalue weighted by atomic mass is 79.9. The second kappa shape index (κ2) is 12.8. The van der Waals surface area contributed by atoms with Gasteiger partial charge in [0.15, 0.2) is 23.0 Å². The molecule has 2 N–H and O–H groups in total. The van der Waals surface area contributed by atoms with Crippen molar-refractivity contribution in [2.45, 2.75) is 19.5 Å². The smallest absolute Gasteiger partial charge is 0.351 e. The zero-order valence-corrected chi connectivity index (χ0v) is 23.7. The van der Waals surface area contributed by atoms with Crippen LogP contribution in [0.3, 0.4) is 0 Å². The molecule has 1 heterocycles. The fourth-order valence-electron chi connectivity index (χ4n) is 4.11. The number of carbonyl (C=O) groups excluding carboxylic acids is 2. The van der Waals surface area contributed by atoms with E-state index in [4.69, 9.17) is 14.6 Å². The molecular formula is C30H26BrNO6S. The molecule has 0 saturated heterocycles. The lowest BCUT2D eigenvalue weighted by Crippen LogP contribution is -2.26. The van der Waals surface area contributed by atoms with Crippen LogP contribution in [-0.4, -0.2) is 36.5 Å². The number of carboxylic acids is 1. The normalized spacial score (nSPS) is 11.6. The number of aliphatic carboxylic acids is 1. The molecule has 4 aromatic rings. The van der Waals surface area contributed by atoms with Gasteiger partial charge < -0.3 is 14.6 Å². The molecule has 1 atom stereocenters. The Morgan fingerprint density at radius 3 is 2.26 bits per heavy atom. The first-order chi connectivity index (χ1) is 18.8. The number of Topliss-reactive ketones (excluding diaryl/α,β-unsaturated/α-hetero) is 1. The molecule has 9 heteroatoms. The molecule has 0 aliphatic carbocycles. The molecule has 0 spiro atoms. The molecule has 39 heavy (non-hydrogen) atoms. The minimum Gasteiger partial charge on any atom is -0.479 e. The Morgan fingerprint density at radius 1 is 0.949 bits per heavy atom. The van der Waals surface area contributed by atoms with Crippen molar-refractivity contribution in [3.05, 3.63) is 99.3 Å². The zero-order valence-electron chi connectivity index (χ0n) is 21.3. The van der Waals surface area contributed by atoms with Gasteiger partial charge in [-0.15, -0.1) is 11.3 Å². The third kappa shape index (κ3) is 6.81. The summed E-state index contributed by atoms with van der Waals surface area (Å²) in [6.45, 7) is 1.39. The van der Waals surface area contributed by atoms with Crippen molar-refractivity contribution in [2.24, 2.45) is 0 Å². The predicted molar refractivity (Wildman–Crippen MR) is 154 cm³/mol. The van der Waals surface area contributed by atoms with E-state index in [1.165, 1.54) is 7.11 Å². The standard InChI is InChI=1S/C30H26BrNO6S/c1-18(33)26(22-13-11-21(12-14-22)20-8-4-3-5-9-20)32-16-19-7-6-10-23(15-19)28-25(31)27(38-17-24(34)35)29(39-28)30(36)37-2/h3-15,26,32H,16-17H2,1-2H3,(H,34,35). The largest absolute Gasteiger partial charge is 0.479 e. The van der Waals surface area contributed by atoms with E-state index in [0.29, 0.717) is 15.9 Å². The minimum atomic E-state index is -1.16. The lowest BCUT2D eigenvalue weighted by Gasteiger charge is -2.17. The van der Waals surface area contributed by atoms with Crippen LogP contribution in [0.15, 0.2) is 83.3 Å². The maximum Gasteiger partial charge on any atom is 0.351 e. The molecule has 0 radical (unpaired) electrons. The van der Waals surface area contributed by atoms with Gasteiger partial charge in [-0.25, -0.2) is 9.59 Å². The summed E-state index contributed by atoms with van der Waals surface area (Å²) in [5.41, 5.74) is 4.79. The number of ketones is 1. The van der Waals surface area contributed by atoms with Crippen LogP contribution in [0, 0.1) is 0 Å². The average molecular weight is 609 g/mol. The number of esters is 1. The van der Waals surface area contributed by atoms with Crippen molar-refractivity contribution in [1.82, 2.24) is 5.32 Å². The molecule has 1 aromatic heterocycles. The van der Waals surface area contributed by atoms with Crippen molar-refractivity contribution < 1.29 is 29.0 Å². The van der Waals surface area contributed by atoms with E-state index in [9.17, 15) is 14.4 Å². The maximum absolute atomic E-state index is 12.5. The first-order valence-electron chi connectivity index (χ1n) is 12.0. The number of rotatable bonds is 11. The lowest BCUT2D eigenvalue weighted by molar-refractivity contribution is -0.139. The second-order valence-electron chi connectivity index (χ2n) is 8.69. The summed E-state index contributed by atoms with van der Waals surface area (Å²) in [7, 11) is 1.25. The number of carboxylic acid groups (broad SMARTS) is 1. The SMILES string of the molecule is COC(=O)c1sc(-c2cccc(CNC(C(C)=O)c3ccc(-c4ccccc4)cc3)c2)c(Br)c1OCC(=O)O. The fourth-order valence-corrected chi connectivity index (χ4v) is 6.08. The Labute approximate surface area is 238 Å². The van der Waals surface area contributed by atoms with Gasteiger partial charge in [0, 0.05) is 6.54 Å². The van der Waals surface area contributed by atoms with Gasteiger partial charge in [-0.1, -0.05) is 72.8 Å². The van der Waals surface area contributed by atoms with Crippen LogP contribution in [0.5, 0.6) is 5.75 Å². The number of ether oxygens (including phenoxy) is 2. The maximum atomic E-state index is 12.5.